The molecule has 0 bridgehead atoms. The van der Waals surface area contributed by atoms with E-state index in [-0.39, 0.29) is 5.69 Å². The van der Waals surface area contributed by atoms with Gasteiger partial charge in [-0.25, -0.2) is 9.78 Å². The highest BCUT2D eigenvalue weighted by molar-refractivity contribution is 6.40. The van der Waals surface area contributed by atoms with Crippen molar-refractivity contribution in [3.8, 4) is 0 Å². The number of aromatic amines is 1. The predicted octanol–water partition coefficient (Wildman–Crippen LogP) is 3.13. The molecule has 2 aromatic heterocycles. The first-order valence-electron chi connectivity index (χ1n) is 6.14. The lowest BCUT2D eigenvalue weighted by Gasteiger charge is -2.02. The molecule has 0 aliphatic rings. The molecule has 5 nitrogen and oxygen atoms in total. The molecule has 102 valence electrons. The fraction of sp³-hybridized carbons (Fsp3) is 0.143. The number of pyridine rings is 1. The summed E-state index contributed by atoms with van der Waals surface area (Å²) in [4.78, 5) is 19.0. The number of hydrogen-bond acceptors (Lipinski definition) is 4. The van der Waals surface area contributed by atoms with E-state index >= 15 is 0 Å². The Balaban J connectivity index is 2.29. The van der Waals surface area contributed by atoms with Crippen molar-refractivity contribution in [2.75, 3.05) is 12.3 Å². The molecule has 3 rings (SSSR count). The van der Waals surface area contributed by atoms with E-state index in [0.717, 1.165) is 21.8 Å². The van der Waals surface area contributed by atoms with Gasteiger partial charge in [-0.15, -0.1) is 0 Å². The van der Waals surface area contributed by atoms with Crippen LogP contribution in [0.3, 0.4) is 0 Å². The zero-order valence-electron chi connectivity index (χ0n) is 10.7. The molecule has 0 atom stereocenters. The van der Waals surface area contributed by atoms with E-state index in [1.807, 2.05) is 6.07 Å². The number of esters is 1. The Kier molecular flexibility index (Phi) is 2.99. The predicted molar refractivity (Wildman–Crippen MR) is 79.0 cm³/mol. The van der Waals surface area contributed by atoms with Gasteiger partial charge in [-0.05, 0) is 25.1 Å². The van der Waals surface area contributed by atoms with Crippen LogP contribution < -0.4 is 5.73 Å². The first-order valence-corrected chi connectivity index (χ1v) is 6.52. The molecule has 0 spiro atoms. The molecule has 3 N–H and O–H groups in total. The number of benzene rings is 1. The van der Waals surface area contributed by atoms with Gasteiger partial charge in [0.15, 0.2) is 0 Å². The zero-order chi connectivity index (χ0) is 14.3. The van der Waals surface area contributed by atoms with Gasteiger partial charge >= 0.3 is 5.97 Å². The molecule has 0 fully saturated rings. The molecule has 3 aromatic rings. The number of nitrogens with zero attached hydrogens (tertiary/aromatic N) is 1. The standard InChI is InChI=1S/C14H12ClN3O2/c1-2-20-14(19)10-5-7-11(6-17-10)18-9-4-3-8(16)13(15)12(7)9/h3-6,18H,2,16H2,1H3. The average molecular weight is 290 g/mol. The smallest absolute Gasteiger partial charge is 0.356 e. The van der Waals surface area contributed by atoms with Crippen molar-refractivity contribution < 1.29 is 9.53 Å². The van der Waals surface area contributed by atoms with E-state index in [4.69, 9.17) is 22.1 Å². The largest absolute Gasteiger partial charge is 0.461 e. The number of ether oxygens (including phenoxy) is 1. The van der Waals surface area contributed by atoms with Crippen molar-refractivity contribution in [1.29, 1.82) is 0 Å². The fourth-order valence-electron chi connectivity index (χ4n) is 2.18. The number of H-pyrrole nitrogens is 1. The number of rotatable bonds is 2. The van der Waals surface area contributed by atoms with Gasteiger partial charge < -0.3 is 15.5 Å². The van der Waals surface area contributed by atoms with Crippen molar-refractivity contribution in [2.45, 2.75) is 6.92 Å². The number of aromatic nitrogens is 2. The maximum absolute atomic E-state index is 11.7. The van der Waals surface area contributed by atoms with Crippen molar-refractivity contribution in [1.82, 2.24) is 9.97 Å². The molecular formula is C14H12ClN3O2. The van der Waals surface area contributed by atoms with Crippen LogP contribution in [0.2, 0.25) is 5.02 Å². The highest BCUT2D eigenvalue weighted by atomic mass is 35.5. The second kappa shape index (κ2) is 4.68. The van der Waals surface area contributed by atoms with Gasteiger partial charge in [0.05, 0.1) is 29.0 Å². The minimum Gasteiger partial charge on any atom is -0.461 e. The summed E-state index contributed by atoms with van der Waals surface area (Å²) in [5, 5.41) is 2.06. The third-order valence-electron chi connectivity index (χ3n) is 3.10. The van der Waals surface area contributed by atoms with Gasteiger partial charge in [0, 0.05) is 16.3 Å². The molecule has 0 saturated heterocycles. The molecule has 0 aliphatic carbocycles. The summed E-state index contributed by atoms with van der Waals surface area (Å²) in [6.07, 6.45) is 1.59. The highest BCUT2D eigenvalue weighted by Crippen LogP contribution is 2.34. The summed E-state index contributed by atoms with van der Waals surface area (Å²) in [6.45, 7) is 2.06. The molecular weight excluding hydrogens is 278 g/mol. The van der Waals surface area contributed by atoms with Gasteiger partial charge in [0.2, 0.25) is 0 Å². The Morgan fingerprint density at radius 1 is 1.45 bits per heavy atom. The summed E-state index contributed by atoms with van der Waals surface area (Å²) >= 11 is 6.26. The summed E-state index contributed by atoms with van der Waals surface area (Å²) in [5.74, 6) is -0.455. The normalized spacial score (nSPS) is 11.1. The van der Waals surface area contributed by atoms with E-state index in [1.54, 1.807) is 25.3 Å². The Hall–Kier alpha value is -2.27. The number of halogens is 1. The Bertz CT molecular complexity index is 826. The van der Waals surface area contributed by atoms with Gasteiger partial charge in [-0.2, -0.15) is 0 Å². The molecule has 0 saturated carbocycles. The quantitative estimate of drug-likeness (QED) is 0.561. The lowest BCUT2D eigenvalue weighted by Crippen LogP contribution is -2.06. The second-order valence-electron chi connectivity index (χ2n) is 4.35. The number of nitrogens with one attached hydrogen (secondary N) is 1. The maximum atomic E-state index is 11.7. The molecule has 1 aromatic carbocycles. The van der Waals surface area contributed by atoms with Gasteiger partial charge in [-0.1, -0.05) is 11.6 Å². The fourth-order valence-corrected chi connectivity index (χ4v) is 2.45. The number of nitrogens with two attached hydrogens (primary N) is 1. The summed E-state index contributed by atoms with van der Waals surface area (Å²) in [7, 11) is 0. The van der Waals surface area contributed by atoms with Crippen LogP contribution in [0.1, 0.15) is 17.4 Å². The van der Waals surface area contributed by atoms with E-state index in [1.165, 1.54) is 0 Å². The Morgan fingerprint density at radius 3 is 3.00 bits per heavy atom. The van der Waals surface area contributed by atoms with Crippen LogP contribution in [0, 0.1) is 0 Å². The Labute approximate surface area is 119 Å². The van der Waals surface area contributed by atoms with E-state index in [2.05, 4.69) is 9.97 Å². The molecule has 0 radical (unpaired) electrons. The molecule has 6 heteroatoms. The number of anilines is 1. The summed E-state index contributed by atoms with van der Waals surface area (Å²) < 4.78 is 4.95. The highest BCUT2D eigenvalue weighted by Gasteiger charge is 2.14. The molecule has 2 heterocycles. The number of carbonyl (C=O) groups is 1. The summed E-state index contributed by atoms with van der Waals surface area (Å²) in [6, 6.07) is 5.25. The van der Waals surface area contributed by atoms with Crippen LogP contribution in [-0.2, 0) is 4.74 Å². The van der Waals surface area contributed by atoms with Crippen LogP contribution in [0.5, 0.6) is 0 Å². The molecule has 20 heavy (non-hydrogen) atoms. The second-order valence-corrected chi connectivity index (χ2v) is 4.73. The lowest BCUT2D eigenvalue weighted by atomic mass is 10.1. The topological polar surface area (TPSA) is 81.0 Å². The van der Waals surface area contributed by atoms with E-state index in [9.17, 15) is 4.79 Å². The van der Waals surface area contributed by atoms with E-state index < -0.39 is 5.97 Å². The van der Waals surface area contributed by atoms with Gasteiger partial charge in [0.1, 0.15) is 5.69 Å². The zero-order valence-corrected chi connectivity index (χ0v) is 11.5. The molecule has 0 amide bonds. The van der Waals surface area contributed by atoms with Crippen LogP contribution in [-0.4, -0.2) is 22.5 Å². The third kappa shape index (κ3) is 1.87. The van der Waals surface area contributed by atoms with Crippen LogP contribution in [0.25, 0.3) is 21.8 Å². The van der Waals surface area contributed by atoms with Gasteiger partial charge in [0.25, 0.3) is 0 Å². The van der Waals surface area contributed by atoms with Gasteiger partial charge in [-0.3, -0.25) is 0 Å². The lowest BCUT2D eigenvalue weighted by molar-refractivity contribution is 0.0520. The minimum atomic E-state index is -0.455. The first-order chi connectivity index (χ1) is 9.61. The number of hydrogen-bond donors (Lipinski definition) is 2. The number of fused-ring (bicyclic) bond motifs is 3. The van der Waals surface area contributed by atoms with Crippen molar-refractivity contribution >= 4 is 45.1 Å². The third-order valence-corrected chi connectivity index (χ3v) is 3.51. The number of carbonyl (C=O) groups excluding carboxylic acids is 1. The summed E-state index contributed by atoms with van der Waals surface area (Å²) in [5.41, 5.74) is 8.21. The average Bonchev–Trinajstić information content (AvgIpc) is 2.81. The number of nitrogen functional groups attached to an aromatic ring is 1. The van der Waals surface area contributed by atoms with Crippen molar-refractivity contribution in [3.05, 3.63) is 35.1 Å². The Morgan fingerprint density at radius 2 is 2.25 bits per heavy atom. The molecule has 0 aliphatic heterocycles. The van der Waals surface area contributed by atoms with Crippen LogP contribution in [0.15, 0.2) is 24.4 Å². The first kappa shape index (κ1) is 12.7. The monoisotopic (exact) mass is 289 g/mol. The van der Waals surface area contributed by atoms with Crippen molar-refractivity contribution in [2.24, 2.45) is 0 Å². The van der Waals surface area contributed by atoms with Crippen LogP contribution >= 0.6 is 11.6 Å². The molecule has 0 unspecified atom stereocenters. The van der Waals surface area contributed by atoms with Crippen LogP contribution in [0.4, 0.5) is 5.69 Å². The van der Waals surface area contributed by atoms with E-state index in [0.29, 0.717) is 17.3 Å². The minimum absolute atomic E-state index is 0.249. The maximum Gasteiger partial charge on any atom is 0.356 e. The van der Waals surface area contributed by atoms with Crippen molar-refractivity contribution in [3.63, 3.8) is 0 Å². The SMILES string of the molecule is CCOC(=O)c1cc2c(cn1)[nH]c1ccc(N)c(Cl)c12.